The molecule has 7 heteroatoms. The van der Waals surface area contributed by atoms with Crippen molar-refractivity contribution in [2.45, 2.75) is 13.5 Å². The van der Waals surface area contributed by atoms with E-state index in [0.717, 1.165) is 11.1 Å². The van der Waals surface area contributed by atoms with E-state index >= 15 is 0 Å². The molecule has 0 aliphatic heterocycles. The average molecular weight is 340 g/mol. The SMILES string of the molecule is COc1ccc(C(=O)OCc2nnc(-c3cccc(C)c3)o2)c(O)c1. The van der Waals surface area contributed by atoms with Crippen molar-refractivity contribution in [2.24, 2.45) is 0 Å². The minimum atomic E-state index is -0.699. The Labute approximate surface area is 143 Å². The highest BCUT2D eigenvalue weighted by Gasteiger charge is 2.16. The first kappa shape index (κ1) is 16.5. The van der Waals surface area contributed by atoms with Gasteiger partial charge in [0.2, 0.25) is 5.89 Å². The molecule has 0 aliphatic carbocycles. The van der Waals surface area contributed by atoms with Crippen LogP contribution in [0.3, 0.4) is 0 Å². The molecule has 2 aromatic carbocycles. The fourth-order valence-electron chi connectivity index (χ4n) is 2.22. The molecule has 1 aromatic heterocycles. The first-order valence-electron chi connectivity index (χ1n) is 7.50. The molecule has 1 N–H and O–H groups in total. The quantitative estimate of drug-likeness (QED) is 0.713. The van der Waals surface area contributed by atoms with E-state index in [4.69, 9.17) is 13.9 Å². The molecule has 0 amide bonds. The number of rotatable bonds is 5. The lowest BCUT2D eigenvalue weighted by Crippen LogP contribution is -2.06. The van der Waals surface area contributed by atoms with Gasteiger partial charge in [0.05, 0.1) is 7.11 Å². The number of benzene rings is 2. The Morgan fingerprint density at radius 1 is 1.20 bits per heavy atom. The number of phenolic OH excluding ortho intramolecular Hbond substituents is 1. The third-order valence-corrected chi connectivity index (χ3v) is 3.48. The normalized spacial score (nSPS) is 10.5. The van der Waals surface area contributed by atoms with Gasteiger partial charge in [0.15, 0.2) is 6.61 Å². The third-order valence-electron chi connectivity index (χ3n) is 3.48. The highest BCUT2D eigenvalue weighted by molar-refractivity contribution is 5.92. The second kappa shape index (κ2) is 7.04. The number of methoxy groups -OCH3 is 1. The number of esters is 1. The standard InChI is InChI=1S/C18H16N2O5/c1-11-4-3-5-12(8-11)17-20-19-16(25-17)10-24-18(22)14-7-6-13(23-2)9-15(14)21/h3-9,21H,10H2,1-2H3. The second-order valence-corrected chi connectivity index (χ2v) is 5.33. The molecule has 0 spiro atoms. The number of aromatic hydroxyl groups is 1. The second-order valence-electron chi connectivity index (χ2n) is 5.33. The van der Waals surface area contributed by atoms with Crippen LogP contribution in [0, 0.1) is 6.92 Å². The summed E-state index contributed by atoms with van der Waals surface area (Å²) in [6.45, 7) is 1.77. The summed E-state index contributed by atoms with van der Waals surface area (Å²) in [5, 5.41) is 17.6. The van der Waals surface area contributed by atoms with Gasteiger partial charge in [-0.15, -0.1) is 10.2 Å². The Bertz CT molecular complexity index is 904. The van der Waals surface area contributed by atoms with E-state index in [1.54, 1.807) is 6.07 Å². The van der Waals surface area contributed by atoms with E-state index in [9.17, 15) is 9.90 Å². The maximum Gasteiger partial charge on any atom is 0.342 e. The van der Waals surface area contributed by atoms with Crippen LogP contribution in [-0.4, -0.2) is 28.4 Å². The lowest BCUT2D eigenvalue weighted by molar-refractivity contribution is 0.0435. The summed E-state index contributed by atoms with van der Waals surface area (Å²) < 4.78 is 15.6. The molecule has 0 saturated heterocycles. The van der Waals surface area contributed by atoms with Gasteiger partial charge in [-0.2, -0.15) is 0 Å². The van der Waals surface area contributed by atoms with Crippen LogP contribution in [0.1, 0.15) is 21.8 Å². The predicted octanol–water partition coefficient (Wildman–Crippen LogP) is 3.12. The number of hydrogen-bond donors (Lipinski definition) is 1. The Kier molecular flexibility index (Phi) is 4.65. The van der Waals surface area contributed by atoms with Gasteiger partial charge in [0.25, 0.3) is 5.89 Å². The van der Waals surface area contributed by atoms with Gasteiger partial charge >= 0.3 is 5.97 Å². The van der Waals surface area contributed by atoms with E-state index in [2.05, 4.69) is 10.2 Å². The topological polar surface area (TPSA) is 94.7 Å². The number of carbonyl (C=O) groups excluding carboxylic acids is 1. The first-order valence-corrected chi connectivity index (χ1v) is 7.50. The number of carbonyl (C=O) groups is 1. The number of nitrogens with zero attached hydrogens (tertiary/aromatic N) is 2. The maximum atomic E-state index is 12.0. The molecule has 0 aliphatic rings. The molecular weight excluding hydrogens is 324 g/mol. The Morgan fingerprint density at radius 2 is 2.04 bits per heavy atom. The van der Waals surface area contributed by atoms with Gasteiger partial charge in [-0.25, -0.2) is 4.79 Å². The largest absolute Gasteiger partial charge is 0.507 e. The lowest BCUT2D eigenvalue weighted by atomic mass is 10.1. The van der Waals surface area contributed by atoms with Crippen molar-refractivity contribution < 1.29 is 23.8 Å². The van der Waals surface area contributed by atoms with Crippen LogP contribution in [0.4, 0.5) is 0 Å². The zero-order valence-corrected chi connectivity index (χ0v) is 13.7. The van der Waals surface area contributed by atoms with Crippen molar-refractivity contribution in [2.75, 3.05) is 7.11 Å². The van der Waals surface area contributed by atoms with Crippen molar-refractivity contribution in [1.82, 2.24) is 10.2 Å². The highest BCUT2D eigenvalue weighted by atomic mass is 16.5. The van der Waals surface area contributed by atoms with Crippen LogP contribution in [0.2, 0.25) is 0 Å². The fraction of sp³-hybridized carbons (Fsp3) is 0.167. The summed E-state index contributed by atoms with van der Waals surface area (Å²) in [7, 11) is 1.47. The molecule has 7 nitrogen and oxygen atoms in total. The minimum Gasteiger partial charge on any atom is -0.507 e. The fourth-order valence-corrected chi connectivity index (χ4v) is 2.22. The van der Waals surface area contributed by atoms with Gasteiger partial charge in [0, 0.05) is 11.6 Å². The average Bonchev–Trinajstić information content (AvgIpc) is 3.08. The van der Waals surface area contributed by atoms with Crippen molar-refractivity contribution in [3.8, 4) is 23.0 Å². The summed E-state index contributed by atoms with van der Waals surface area (Å²) in [6, 6.07) is 11.9. The Morgan fingerprint density at radius 3 is 2.76 bits per heavy atom. The van der Waals surface area contributed by atoms with Crippen molar-refractivity contribution in [3.63, 3.8) is 0 Å². The highest BCUT2D eigenvalue weighted by Crippen LogP contribution is 2.24. The summed E-state index contributed by atoms with van der Waals surface area (Å²) in [5.74, 6) is 0.0273. The molecular formula is C18H16N2O5. The number of hydrogen-bond acceptors (Lipinski definition) is 7. The summed E-state index contributed by atoms with van der Waals surface area (Å²) in [4.78, 5) is 12.0. The molecule has 0 radical (unpaired) electrons. The monoisotopic (exact) mass is 340 g/mol. The summed E-state index contributed by atoms with van der Waals surface area (Å²) >= 11 is 0. The van der Waals surface area contributed by atoms with Gasteiger partial charge in [-0.05, 0) is 31.2 Å². The van der Waals surface area contributed by atoms with Crippen molar-refractivity contribution in [1.29, 1.82) is 0 Å². The molecule has 3 rings (SSSR count). The molecule has 0 atom stereocenters. The third kappa shape index (κ3) is 3.77. The maximum absolute atomic E-state index is 12.0. The summed E-state index contributed by atoms with van der Waals surface area (Å²) in [5.41, 5.74) is 1.88. The van der Waals surface area contributed by atoms with E-state index in [1.807, 2.05) is 31.2 Å². The van der Waals surface area contributed by atoms with E-state index in [0.29, 0.717) is 11.6 Å². The van der Waals surface area contributed by atoms with Crippen LogP contribution in [-0.2, 0) is 11.3 Å². The Balaban J connectivity index is 1.67. The van der Waals surface area contributed by atoms with Crippen molar-refractivity contribution >= 4 is 5.97 Å². The van der Waals surface area contributed by atoms with Crippen molar-refractivity contribution in [3.05, 3.63) is 59.5 Å². The van der Waals surface area contributed by atoms with Crippen LogP contribution in [0.25, 0.3) is 11.5 Å². The van der Waals surface area contributed by atoms with Crippen LogP contribution < -0.4 is 4.74 Å². The molecule has 0 bridgehead atoms. The molecule has 1 heterocycles. The number of aryl methyl sites for hydroxylation is 1. The molecule has 3 aromatic rings. The van der Waals surface area contributed by atoms with Gasteiger partial charge < -0.3 is 19.0 Å². The zero-order chi connectivity index (χ0) is 17.8. The number of ether oxygens (including phenoxy) is 2. The van der Waals surface area contributed by atoms with Gasteiger partial charge in [-0.3, -0.25) is 0 Å². The molecule has 25 heavy (non-hydrogen) atoms. The summed E-state index contributed by atoms with van der Waals surface area (Å²) in [6.07, 6.45) is 0. The van der Waals surface area contributed by atoms with E-state index in [1.165, 1.54) is 19.2 Å². The molecule has 0 fully saturated rings. The predicted molar refractivity (Wildman–Crippen MR) is 88.2 cm³/mol. The van der Waals surface area contributed by atoms with Gasteiger partial charge in [0.1, 0.15) is 17.1 Å². The van der Waals surface area contributed by atoms with Crippen LogP contribution in [0.15, 0.2) is 46.9 Å². The smallest absolute Gasteiger partial charge is 0.342 e. The number of aromatic nitrogens is 2. The molecule has 0 unspecified atom stereocenters. The van der Waals surface area contributed by atoms with Crippen LogP contribution >= 0.6 is 0 Å². The number of phenols is 1. The lowest BCUT2D eigenvalue weighted by Gasteiger charge is -2.06. The zero-order valence-electron chi connectivity index (χ0n) is 13.7. The minimum absolute atomic E-state index is 0.0271. The van der Waals surface area contributed by atoms with Crippen LogP contribution in [0.5, 0.6) is 11.5 Å². The van der Waals surface area contributed by atoms with Gasteiger partial charge in [-0.1, -0.05) is 17.7 Å². The van der Waals surface area contributed by atoms with E-state index < -0.39 is 5.97 Å². The Hall–Kier alpha value is -3.35. The molecule has 128 valence electrons. The van der Waals surface area contributed by atoms with E-state index in [-0.39, 0.29) is 23.8 Å². The molecule has 0 saturated carbocycles. The first-order chi connectivity index (χ1) is 12.1.